The molecule has 1 aliphatic heterocycles. The minimum absolute atomic E-state index is 0.210. The predicted molar refractivity (Wildman–Crippen MR) is 83.9 cm³/mol. The van der Waals surface area contributed by atoms with E-state index in [1.807, 2.05) is 20.8 Å². The summed E-state index contributed by atoms with van der Waals surface area (Å²) in [6, 6.07) is 2.08. The summed E-state index contributed by atoms with van der Waals surface area (Å²) in [4.78, 5) is 0. The molecule has 1 fully saturated rings. The fourth-order valence-electron chi connectivity index (χ4n) is 2.93. The lowest BCUT2D eigenvalue weighted by atomic mass is 9.95. The van der Waals surface area contributed by atoms with Gasteiger partial charge in [0.05, 0.1) is 13.2 Å². The van der Waals surface area contributed by atoms with Crippen LogP contribution in [0.25, 0.3) is 0 Å². The zero-order chi connectivity index (χ0) is 17.3. The second kappa shape index (κ2) is 7.25. The van der Waals surface area contributed by atoms with Gasteiger partial charge in [-0.05, 0) is 55.5 Å². The molecule has 0 radical (unpaired) electrons. The summed E-state index contributed by atoms with van der Waals surface area (Å²) in [5.41, 5.74) is 5.59. The third kappa shape index (κ3) is 3.57. The van der Waals surface area contributed by atoms with Gasteiger partial charge in [-0.1, -0.05) is 6.07 Å². The molecule has 2 rings (SSSR count). The molecule has 0 aliphatic carbocycles. The molecule has 1 saturated heterocycles. The Hall–Kier alpha value is -1.02. The first-order valence-electron chi connectivity index (χ1n) is 7.76. The lowest BCUT2D eigenvalue weighted by molar-refractivity contribution is -0.304. The van der Waals surface area contributed by atoms with Crippen LogP contribution in [0.15, 0.2) is 6.07 Å². The van der Waals surface area contributed by atoms with Crippen LogP contribution in [-0.4, -0.2) is 57.7 Å². The highest BCUT2D eigenvalue weighted by molar-refractivity contribution is 5.43. The Bertz CT molecular complexity index is 557. The van der Waals surface area contributed by atoms with E-state index in [2.05, 4.69) is 13.0 Å². The highest BCUT2D eigenvalue weighted by atomic mass is 16.7. The van der Waals surface area contributed by atoms with Crippen LogP contribution >= 0.6 is 0 Å². The molecule has 130 valence electrons. The van der Waals surface area contributed by atoms with Gasteiger partial charge in [0.25, 0.3) is 0 Å². The van der Waals surface area contributed by atoms with Crippen LogP contribution in [-0.2, 0) is 16.1 Å². The highest BCUT2D eigenvalue weighted by Gasteiger charge is 2.44. The minimum atomic E-state index is -1.42. The Balaban J connectivity index is 2.13. The maximum absolute atomic E-state index is 9.99. The van der Waals surface area contributed by atoms with E-state index >= 15 is 0 Å². The highest BCUT2D eigenvalue weighted by Crippen LogP contribution is 2.26. The summed E-state index contributed by atoms with van der Waals surface area (Å²) < 4.78 is 11.0. The molecular formula is C17H26O6. The quantitative estimate of drug-likeness (QED) is 0.632. The Morgan fingerprint density at radius 1 is 0.957 bits per heavy atom. The van der Waals surface area contributed by atoms with E-state index in [-0.39, 0.29) is 6.61 Å². The average molecular weight is 326 g/mol. The van der Waals surface area contributed by atoms with Crippen LogP contribution in [0.4, 0.5) is 0 Å². The standard InChI is InChI=1S/C17H26O6/c1-8-5-9(2)12(11(4)10(8)3)7-22-17-16(21)15(20)14(19)13(6-18)23-17/h5,13-21H,6-7H2,1-4H3/t13-,14-,15+,16-,17+/m1/s1. The molecule has 6 heteroatoms. The number of aryl methyl sites for hydroxylation is 2. The summed E-state index contributed by atoms with van der Waals surface area (Å²) in [6.07, 6.45) is -6.24. The summed E-state index contributed by atoms with van der Waals surface area (Å²) in [5.74, 6) is 0. The van der Waals surface area contributed by atoms with Crippen LogP contribution in [0.1, 0.15) is 27.8 Å². The molecule has 4 N–H and O–H groups in total. The first kappa shape index (κ1) is 18.3. The van der Waals surface area contributed by atoms with Crippen LogP contribution < -0.4 is 0 Å². The normalized spacial score (nSPS) is 31.4. The second-order valence-electron chi connectivity index (χ2n) is 6.25. The molecule has 1 aliphatic rings. The third-order valence-corrected chi connectivity index (χ3v) is 4.76. The van der Waals surface area contributed by atoms with Crippen molar-refractivity contribution in [1.82, 2.24) is 0 Å². The molecule has 1 heterocycles. The molecule has 0 unspecified atom stereocenters. The van der Waals surface area contributed by atoms with Gasteiger partial charge in [0, 0.05) is 0 Å². The van der Waals surface area contributed by atoms with Crippen molar-refractivity contribution in [1.29, 1.82) is 0 Å². The first-order valence-corrected chi connectivity index (χ1v) is 7.76. The van der Waals surface area contributed by atoms with Gasteiger partial charge < -0.3 is 29.9 Å². The SMILES string of the molecule is Cc1cc(C)c(CO[C@H]2O[C@H](CO)[C@@H](O)[C@H](O)[C@H]2O)c(C)c1C. The molecule has 23 heavy (non-hydrogen) atoms. The van der Waals surface area contributed by atoms with E-state index in [4.69, 9.17) is 9.47 Å². The van der Waals surface area contributed by atoms with Gasteiger partial charge in [-0.25, -0.2) is 0 Å². The van der Waals surface area contributed by atoms with Crippen molar-refractivity contribution >= 4 is 0 Å². The molecule has 0 amide bonds. The zero-order valence-corrected chi connectivity index (χ0v) is 14.0. The Morgan fingerprint density at radius 2 is 1.61 bits per heavy atom. The van der Waals surface area contributed by atoms with Crippen molar-refractivity contribution in [2.75, 3.05) is 6.61 Å². The molecular weight excluding hydrogens is 300 g/mol. The van der Waals surface area contributed by atoms with Gasteiger partial charge in [0.2, 0.25) is 0 Å². The number of benzene rings is 1. The number of rotatable bonds is 4. The van der Waals surface area contributed by atoms with Gasteiger partial charge in [-0.15, -0.1) is 0 Å². The number of aliphatic hydroxyl groups excluding tert-OH is 4. The minimum Gasteiger partial charge on any atom is -0.394 e. The van der Waals surface area contributed by atoms with E-state index in [0.29, 0.717) is 0 Å². The van der Waals surface area contributed by atoms with Crippen molar-refractivity contribution in [3.05, 3.63) is 33.9 Å². The summed E-state index contributed by atoms with van der Waals surface area (Å²) in [6.45, 7) is 7.85. The molecule has 6 nitrogen and oxygen atoms in total. The molecule has 1 aromatic rings. The van der Waals surface area contributed by atoms with Crippen LogP contribution in [0.5, 0.6) is 0 Å². The monoisotopic (exact) mass is 326 g/mol. The number of aliphatic hydroxyl groups is 4. The topological polar surface area (TPSA) is 99.4 Å². The van der Waals surface area contributed by atoms with Gasteiger partial charge in [0.1, 0.15) is 24.4 Å². The Labute approximate surface area is 136 Å². The fraction of sp³-hybridized carbons (Fsp3) is 0.647. The molecule has 5 atom stereocenters. The largest absolute Gasteiger partial charge is 0.394 e. The van der Waals surface area contributed by atoms with Gasteiger partial charge in [0.15, 0.2) is 6.29 Å². The summed E-state index contributed by atoms with van der Waals surface area (Å²) in [7, 11) is 0. The van der Waals surface area contributed by atoms with E-state index in [9.17, 15) is 20.4 Å². The molecule has 0 bridgehead atoms. The van der Waals surface area contributed by atoms with Gasteiger partial charge >= 0.3 is 0 Å². The number of hydrogen-bond acceptors (Lipinski definition) is 6. The van der Waals surface area contributed by atoms with Crippen LogP contribution in [0.3, 0.4) is 0 Å². The first-order chi connectivity index (χ1) is 10.8. The zero-order valence-electron chi connectivity index (χ0n) is 14.0. The number of ether oxygens (including phenoxy) is 2. The maximum atomic E-state index is 9.99. The summed E-state index contributed by atoms with van der Waals surface area (Å²) >= 11 is 0. The number of hydrogen-bond donors (Lipinski definition) is 4. The van der Waals surface area contributed by atoms with Crippen molar-refractivity contribution in [2.24, 2.45) is 0 Å². The lowest BCUT2D eigenvalue weighted by Crippen LogP contribution is -2.59. The van der Waals surface area contributed by atoms with E-state index in [1.54, 1.807) is 0 Å². The maximum Gasteiger partial charge on any atom is 0.187 e. The van der Waals surface area contributed by atoms with Crippen molar-refractivity contribution in [2.45, 2.75) is 65.0 Å². The molecule has 0 saturated carbocycles. The second-order valence-corrected chi connectivity index (χ2v) is 6.25. The fourth-order valence-corrected chi connectivity index (χ4v) is 2.93. The smallest absolute Gasteiger partial charge is 0.187 e. The molecule has 0 aromatic heterocycles. The van der Waals surface area contributed by atoms with Crippen molar-refractivity contribution < 1.29 is 29.9 Å². The van der Waals surface area contributed by atoms with Crippen LogP contribution in [0, 0.1) is 27.7 Å². The van der Waals surface area contributed by atoms with Crippen molar-refractivity contribution in [3.8, 4) is 0 Å². The van der Waals surface area contributed by atoms with E-state index in [1.165, 1.54) is 11.1 Å². The summed E-state index contributed by atoms with van der Waals surface area (Å²) in [5, 5.41) is 38.7. The van der Waals surface area contributed by atoms with Crippen molar-refractivity contribution in [3.63, 3.8) is 0 Å². The molecule has 0 spiro atoms. The third-order valence-electron chi connectivity index (χ3n) is 4.76. The van der Waals surface area contributed by atoms with Gasteiger partial charge in [-0.2, -0.15) is 0 Å². The Kier molecular flexibility index (Phi) is 5.78. The molecule has 1 aromatic carbocycles. The van der Waals surface area contributed by atoms with E-state index in [0.717, 1.165) is 16.7 Å². The van der Waals surface area contributed by atoms with Gasteiger partial charge in [-0.3, -0.25) is 0 Å². The van der Waals surface area contributed by atoms with E-state index < -0.39 is 37.3 Å². The lowest BCUT2D eigenvalue weighted by Gasteiger charge is -2.39. The average Bonchev–Trinajstić information content (AvgIpc) is 2.52. The Morgan fingerprint density at radius 3 is 2.22 bits per heavy atom. The van der Waals surface area contributed by atoms with Crippen LogP contribution in [0.2, 0.25) is 0 Å². The predicted octanol–water partition coefficient (Wildman–Crippen LogP) is 0.237.